The second kappa shape index (κ2) is 3.44. The van der Waals surface area contributed by atoms with Gasteiger partial charge in [0.1, 0.15) is 7.85 Å². The lowest BCUT2D eigenvalue weighted by Gasteiger charge is -2.06. The molecule has 11 heavy (non-hydrogen) atoms. The predicted octanol–water partition coefficient (Wildman–Crippen LogP) is 1.83. The van der Waals surface area contributed by atoms with Crippen LogP contribution in [0.2, 0.25) is 0 Å². The average Bonchev–Trinajstić information content (AvgIpc) is 1.85. The molecule has 0 saturated carbocycles. The molecule has 0 heterocycles. The van der Waals surface area contributed by atoms with Gasteiger partial charge in [-0.25, -0.2) is 0 Å². The molecule has 1 aromatic rings. The van der Waals surface area contributed by atoms with E-state index in [1.54, 1.807) is 0 Å². The average molecular weight is 211 g/mol. The van der Waals surface area contributed by atoms with E-state index >= 15 is 0 Å². The molecule has 0 aliphatic carbocycles. The van der Waals surface area contributed by atoms with E-state index in [9.17, 15) is 0 Å². The lowest BCUT2D eigenvalue weighted by atomic mass is 9.91. The number of hydrogen-bond acceptors (Lipinski definition) is 0. The molecule has 0 aliphatic rings. The van der Waals surface area contributed by atoms with Crippen molar-refractivity contribution >= 4 is 29.2 Å². The van der Waals surface area contributed by atoms with E-state index in [0.717, 1.165) is 0 Å². The van der Waals surface area contributed by atoms with Crippen LogP contribution in [0.25, 0.3) is 0 Å². The van der Waals surface area contributed by atoms with Gasteiger partial charge in [0.2, 0.25) is 0 Å². The molecule has 0 saturated heterocycles. The van der Waals surface area contributed by atoms with E-state index in [-0.39, 0.29) is 0 Å². The Morgan fingerprint density at radius 1 is 1.27 bits per heavy atom. The fourth-order valence-electron chi connectivity index (χ4n) is 1.10. The maximum absolute atomic E-state index is 3.48. The summed E-state index contributed by atoms with van der Waals surface area (Å²) in [4.78, 5) is 0. The Balaban J connectivity index is 3.08. The summed E-state index contributed by atoms with van der Waals surface area (Å²) in [5.74, 6) is 0.617. The van der Waals surface area contributed by atoms with Gasteiger partial charge in [0, 0.05) is 4.47 Å². The summed E-state index contributed by atoms with van der Waals surface area (Å²) in [6.45, 7) is 4.42. The molecular formula is C9H12BBr. The van der Waals surface area contributed by atoms with Crippen LogP contribution >= 0.6 is 15.9 Å². The van der Waals surface area contributed by atoms with Crippen molar-refractivity contribution in [3.8, 4) is 0 Å². The monoisotopic (exact) mass is 210 g/mol. The van der Waals surface area contributed by atoms with E-state index in [2.05, 4.69) is 55.8 Å². The zero-order valence-corrected chi connectivity index (χ0v) is 8.77. The maximum atomic E-state index is 3.48. The van der Waals surface area contributed by atoms with Gasteiger partial charge in [0.05, 0.1) is 0 Å². The molecule has 0 spiro atoms. The molecule has 0 nitrogen and oxygen atoms in total. The van der Waals surface area contributed by atoms with Crippen LogP contribution in [0.5, 0.6) is 0 Å². The fourth-order valence-corrected chi connectivity index (χ4v) is 1.72. The van der Waals surface area contributed by atoms with Crippen LogP contribution < -0.4 is 5.46 Å². The normalized spacial score (nSPS) is 10.5. The van der Waals surface area contributed by atoms with Crippen LogP contribution in [-0.4, -0.2) is 7.85 Å². The predicted molar refractivity (Wildman–Crippen MR) is 56.4 cm³/mol. The van der Waals surface area contributed by atoms with E-state index in [1.807, 2.05) is 0 Å². The summed E-state index contributed by atoms with van der Waals surface area (Å²) in [7, 11) is 2.12. The van der Waals surface area contributed by atoms with Gasteiger partial charge in [0.15, 0.2) is 0 Å². The van der Waals surface area contributed by atoms with Gasteiger partial charge in [-0.05, 0) is 17.5 Å². The minimum atomic E-state index is 0.617. The Morgan fingerprint density at radius 3 is 2.36 bits per heavy atom. The molecule has 0 radical (unpaired) electrons. The van der Waals surface area contributed by atoms with E-state index in [4.69, 9.17) is 0 Å². The van der Waals surface area contributed by atoms with Gasteiger partial charge in [-0.2, -0.15) is 0 Å². The second-order valence-electron chi connectivity index (χ2n) is 3.22. The molecule has 0 N–H and O–H groups in total. The first-order valence-corrected chi connectivity index (χ1v) is 4.66. The van der Waals surface area contributed by atoms with Crippen LogP contribution in [0, 0.1) is 0 Å². The van der Waals surface area contributed by atoms with Crippen LogP contribution in [0.15, 0.2) is 22.7 Å². The fraction of sp³-hybridized carbons (Fsp3) is 0.333. The molecule has 1 aromatic carbocycles. The van der Waals surface area contributed by atoms with Crippen LogP contribution in [0.4, 0.5) is 0 Å². The summed E-state index contributed by atoms with van der Waals surface area (Å²) in [5.41, 5.74) is 2.72. The molecule has 0 unspecified atom stereocenters. The number of halogens is 1. The van der Waals surface area contributed by atoms with E-state index in [0.29, 0.717) is 5.92 Å². The highest BCUT2D eigenvalue weighted by Gasteiger charge is 1.99. The quantitative estimate of drug-likeness (QED) is 0.621. The molecule has 0 amide bonds. The number of hydrogen-bond donors (Lipinski definition) is 0. The molecule has 2 heteroatoms. The summed E-state index contributed by atoms with van der Waals surface area (Å²) >= 11 is 3.48. The number of benzene rings is 1. The molecule has 0 fully saturated rings. The molecule has 0 aromatic heterocycles. The molecular weight excluding hydrogens is 199 g/mol. The molecule has 0 atom stereocenters. The summed E-state index contributed by atoms with van der Waals surface area (Å²) < 4.78 is 1.18. The van der Waals surface area contributed by atoms with Gasteiger partial charge in [-0.15, -0.1) is 0 Å². The highest BCUT2D eigenvalue weighted by molar-refractivity contribution is 9.10. The maximum Gasteiger partial charge on any atom is 0.139 e. The first kappa shape index (κ1) is 8.86. The summed E-state index contributed by atoms with van der Waals surface area (Å²) in [6.07, 6.45) is 0. The van der Waals surface area contributed by atoms with E-state index < -0.39 is 0 Å². The number of rotatable bonds is 1. The molecule has 1 rings (SSSR count). The Hall–Kier alpha value is -0.235. The zero-order chi connectivity index (χ0) is 8.43. The van der Waals surface area contributed by atoms with Crippen molar-refractivity contribution < 1.29 is 0 Å². The van der Waals surface area contributed by atoms with Crippen molar-refractivity contribution in [2.75, 3.05) is 0 Å². The van der Waals surface area contributed by atoms with Crippen molar-refractivity contribution in [3.63, 3.8) is 0 Å². The van der Waals surface area contributed by atoms with Crippen LogP contribution in [-0.2, 0) is 0 Å². The van der Waals surface area contributed by atoms with Crippen molar-refractivity contribution in [3.05, 3.63) is 28.2 Å². The van der Waals surface area contributed by atoms with Gasteiger partial charge in [-0.1, -0.05) is 47.4 Å². The highest BCUT2D eigenvalue weighted by Crippen LogP contribution is 2.17. The van der Waals surface area contributed by atoms with Crippen molar-refractivity contribution in [2.24, 2.45) is 0 Å². The topological polar surface area (TPSA) is 0 Å². The van der Waals surface area contributed by atoms with Gasteiger partial charge in [0.25, 0.3) is 0 Å². The Kier molecular flexibility index (Phi) is 2.77. The highest BCUT2D eigenvalue weighted by atomic mass is 79.9. The van der Waals surface area contributed by atoms with Gasteiger partial charge >= 0.3 is 0 Å². The lowest BCUT2D eigenvalue weighted by Crippen LogP contribution is -2.03. The van der Waals surface area contributed by atoms with Gasteiger partial charge in [-0.3, -0.25) is 0 Å². The SMILES string of the molecule is Bc1cc(Br)cc(C(C)C)c1. The minimum absolute atomic E-state index is 0.617. The third-order valence-electron chi connectivity index (χ3n) is 1.73. The Morgan fingerprint density at radius 2 is 1.91 bits per heavy atom. The first-order valence-electron chi connectivity index (χ1n) is 3.86. The zero-order valence-electron chi connectivity index (χ0n) is 7.19. The smallest absolute Gasteiger partial charge is 0.0876 e. The molecule has 0 aliphatic heterocycles. The van der Waals surface area contributed by atoms with Crippen LogP contribution in [0.1, 0.15) is 25.3 Å². The lowest BCUT2D eigenvalue weighted by molar-refractivity contribution is 0.867. The summed E-state index contributed by atoms with van der Waals surface area (Å²) in [6, 6.07) is 6.54. The Bertz CT molecular complexity index is 235. The van der Waals surface area contributed by atoms with E-state index in [1.165, 1.54) is 15.5 Å². The minimum Gasteiger partial charge on any atom is -0.0876 e. The van der Waals surface area contributed by atoms with Crippen molar-refractivity contribution in [1.82, 2.24) is 0 Å². The first-order chi connectivity index (χ1) is 5.09. The third kappa shape index (κ3) is 2.37. The third-order valence-corrected chi connectivity index (χ3v) is 2.19. The molecule has 0 bridgehead atoms. The van der Waals surface area contributed by atoms with Crippen LogP contribution in [0.3, 0.4) is 0 Å². The Labute approximate surface area is 77.5 Å². The van der Waals surface area contributed by atoms with Crippen molar-refractivity contribution in [1.29, 1.82) is 0 Å². The van der Waals surface area contributed by atoms with Gasteiger partial charge < -0.3 is 0 Å². The van der Waals surface area contributed by atoms with Crippen molar-refractivity contribution in [2.45, 2.75) is 19.8 Å². The standard InChI is InChI=1S/C9H12BBr/c1-6(2)7-3-8(10)5-9(11)4-7/h3-6H,10H2,1-2H3. The summed E-state index contributed by atoms with van der Waals surface area (Å²) in [5, 5.41) is 0. The molecule has 58 valence electrons. The largest absolute Gasteiger partial charge is 0.139 e. The second-order valence-corrected chi connectivity index (χ2v) is 4.13.